The highest BCUT2D eigenvalue weighted by Crippen LogP contribution is 2.39. The summed E-state index contributed by atoms with van der Waals surface area (Å²) in [5, 5.41) is 5.52. The molecule has 3 fully saturated rings. The van der Waals surface area contributed by atoms with Crippen molar-refractivity contribution in [3.05, 3.63) is 66.5 Å². The second kappa shape index (κ2) is 18.6. The molecule has 4 N–H and O–H groups in total. The molecule has 16 nitrogen and oxygen atoms in total. The van der Waals surface area contributed by atoms with Gasteiger partial charge in [-0.05, 0) is 93.0 Å². The lowest BCUT2D eigenvalue weighted by Crippen LogP contribution is -2.50. The van der Waals surface area contributed by atoms with E-state index in [1.54, 1.807) is 11.1 Å². The second-order valence-corrected chi connectivity index (χ2v) is 16.0. The standard InChI is InChI=1S/C44H54N8O8/c1-57-43(55)47-31-16-13-29(14-17-31)41(53)51-19-5-7-36(51)39-45-24-33(48-39)28-11-9-27(10-12-28)30-15-18-32-34-25-46-40(49-34)37-8-6-20-52(37)42(54)35(50-44(56)58-2)26-59-21-3-4-22-60-38(32)23-30/h9-12,15,18,23-25,29,31,35-37H,3-8,13-14,16-17,19-22,26H2,1-2H3,(H,45,48)(H,46,49)(H,47,55)(H,50,56)/t29?,31?,35-,36-,37-/m0/s1. The summed E-state index contributed by atoms with van der Waals surface area (Å²) in [6.07, 6.45) is 10.3. The number of nitrogens with zero attached hydrogens (tertiary/aromatic N) is 4. The molecule has 0 radical (unpaired) electrons. The van der Waals surface area contributed by atoms with Gasteiger partial charge in [-0.1, -0.05) is 30.3 Å². The minimum atomic E-state index is -0.872. The van der Waals surface area contributed by atoms with E-state index in [-0.39, 0.29) is 42.5 Å². The number of rotatable bonds is 6. The van der Waals surface area contributed by atoms with Gasteiger partial charge < -0.3 is 49.3 Å². The van der Waals surface area contributed by atoms with Gasteiger partial charge in [0.2, 0.25) is 11.8 Å². The molecule has 1 saturated carbocycles. The van der Waals surface area contributed by atoms with Crippen molar-refractivity contribution >= 4 is 24.0 Å². The summed E-state index contributed by atoms with van der Waals surface area (Å²) in [4.78, 5) is 71.4. The molecule has 2 aromatic heterocycles. The third-order valence-corrected chi connectivity index (χ3v) is 12.3. The number of benzene rings is 2. The number of hydrogen-bond donors (Lipinski definition) is 4. The topological polar surface area (TPSA) is 193 Å². The quantitative estimate of drug-likeness (QED) is 0.172. The summed E-state index contributed by atoms with van der Waals surface area (Å²) >= 11 is 0. The molecule has 3 aliphatic heterocycles. The summed E-state index contributed by atoms with van der Waals surface area (Å²) in [5.74, 6) is 2.09. The average molecular weight is 823 g/mol. The number of fused-ring (bicyclic) bond motifs is 6. The Morgan fingerprint density at radius 3 is 2.17 bits per heavy atom. The number of nitrogens with one attached hydrogen (secondary N) is 4. The molecule has 3 atom stereocenters. The second-order valence-electron chi connectivity index (χ2n) is 16.0. The highest BCUT2D eigenvalue weighted by molar-refractivity contribution is 5.86. The van der Waals surface area contributed by atoms with Crippen LogP contribution in [0.5, 0.6) is 5.75 Å². The number of methoxy groups -OCH3 is 2. The van der Waals surface area contributed by atoms with Crippen LogP contribution in [0.1, 0.15) is 87.9 Å². The summed E-state index contributed by atoms with van der Waals surface area (Å²) in [5.41, 5.74) is 5.56. The fraction of sp³-hybridized carbons (Fsp3) is 0.500. The first kappa shape index (κ1) is 40.9. The Morgan fingerprint density at radius 1 is 0.733 bits per heavy atom. The van der Waals surface area contributed by atoms with Crippen molar-refractivity contribution in [2.75, 3.05) is 47.1 Å². The van der Waals surface area contributed by atoms with Crippen LogP contribution in [-0.2, 0) is 23.8 Å². The van der Waals surface area contributed by atoms with E-state index < -0.39 is 18.2 Å². The van der Waals surface area contributed by atoms with Crippen LogP contribution in [0.3, 0.4) is 0 Å². The lowest BCUT2D eigenvalue weighted by Gasteiger charge is -2.32. The van der Waals surface area contributed by atoms with Crippen LogP contribution in [-0.4, -0.2) is 113 Å². The monoisotopic (exact) mass is 822 g/mol. The predicted molar refractivity (Wildman–Crippen MR) is 221 cm³/mol. The predicted octanol–water partition coefficient (Wildman–Crippen LogP) is 6.29. The van der Waals surface area contributed by atoms with Gasteiger partial charge in [0.05, 0.1) is 63.3 Å². The Bertz CT molecular complexity index is 2140. The number of ether oxygens (including phenoxy) is 4. The van der Waals surface area contributed by atoms with E-state index in [4.69, 9.17) is 28.9 Å². The van der Waals surface area contributed by atoms with E-state index in [0.717, 1.165) is 103 Å². The van der Waals surface area contributed by atoms with Gasteiger partial charge in [0.1, 0.15) is 23.4 Å². The Morgan fingerprint density at radius 2 is 1.38 bits per heavy atom. The van der Waals surface area contributed by atoms with Gasteiger partial charge in [0.25, 0.3) is 0 Å². The molecule has 8 rings (SSSR count). The Labute approximate surface area is 349 Å². The minimum Gasteiger partial charge on any atom is -0.493 e. The first-order valence-electron chi connectivity index (χ1n) is 21.1. The third-order valence-electron chi connectivity index (χ3n) is 12.3. The Hall–Kier alpha value is -5.90. The van der Waals surface area contributed by atoms with Crippen molar-refractivity contribution in [1.29, 1.82) is 0 Å². The normalized spacial score (nSPS) is 23.6. The molecule has 4 amide bonds. The number of aromatic nitrogens is 4. The first-order chi connectivity index (χ1) is 29.3. The molecule has 16 heteroatoms. The summed E-state index contributed by atoms with van der Waals surface area (Å²) < 4.78 is 21.8. The van der Waals surface area contributed by atoms with E-state index in [2.05, 4.69) is 57.0 Å². The number of H-pyrrole nitrogens is 2. The van der Waals surface area contributed by atoms with Gasteiger partial charge in [-0.15, -0.1) is 0 Å². The molecule has 4 aromatic rings. The number of carbonyl (C=O) groups is 4. The Kier molecular flexibility index (Phi) is 12.6. The molecule has 318 valence electrons. The molecule has 1 aliphatic carbocycles. The van der Waals surface area contributed by atoms with Crippen LogP contribution < -0.4 is 15.4 Å². The van der Waals surface area contributed by atoms with Crippen LogP contribution >= 0.6 is 0 Å². The number of hydrogen-bond acceptors (Lipinski definition) is 10. The van der Waals surface area contributed by atoms with E-state index in [1.165, 1.54) is 14.2 Å². The van der Waals surface area contributed by atoms with Crippen molar-refractivity contribution in [3.63, 3.8) is 0 Å². The van der Waals surface area contributed by atoms with Crippen molar-refractivity contribution in [1.82, 2.24) is 40.4 Å². The van der Waals surface area contributed by atoms with Crippen LogP contribution in [0, 0.1) is 5.92 Å². The molecule has 2 saturated heterocycles. The Balaban J connectivity index is 0.961. The zero-order valence-electron chi connectivity index (χ0n) is 34.2. The van der Waals surface area contributed by atoms with Gasteiger partial charge in [-0.2, -0.15) is 0 Å². The molecular weight excluding hydrogens is 769 g/mol. The first-order valence-corrected chi connectivity index (χ1v) is 21.1. The van der Waals surface area contributed by atoms with E-state index >= 15 is 0 Å². The van der Waals surface area contributed by atoms with Crippen molar-refractivity contribution in [2.45, 2.75) is 88.4 Å². The lowest BCUT2D eigenvalue weighted by molar-refractivity contribution is -0.138. The number of carbonyl (C=O) groups excluding carboxylic acids is 4. The molecule has 0 spiro atoms. The van der Waals surface area contributed by atoms with Crippen LogP contribution in [0.2, 0.25) is 0 Å². The van der Waals surface area contributed by atoms with E-state index in [9.17, 15) is 19.2 Å². The van der Waals surface area contributed by atoms with Gasteiger partial charge in [-0.3, -0.25) is 9.59 Å². The maximum Gasteiger partial charge on any atom is 0.407 e. The van der Waals surface area contributed by atoms with Gasteiger partial charge in [0, 0.05) is 37.2 Å². The number of amides is 4. The zero-order valence-corrected chi connectivity index (χ0v) is 34.2. The SMILES string of the molecule is COC(=O)NC1CCC(C(=O)N2CCC[C@H]2c2ncc(-c3ccc(-c4ccc5c(c4)OCCCCOC[C@H](NC(=O)OC)C(=O)N4CCC[C@H]4c4ncc-5[nH]4)cc3)[nH]2)CC1. The van der Waals surface area contributed by atoms with E-state index in [1.807, 2.05) is 17.2 Å². The van der Waals surface area contributed by atoms with Crippen molar-refractivity contribution in [3.8, 4) is 39.4 Å². The molecular formula is C44H54N8O8. The summed E-state index contributed by atoms with van der Waals surface area (Å²) in [6, 6.07) is 13.3. The average Bonchev–Trinajstić information content (AvgIpc) is 4.12. The molecule has 60 heavy (non-hydrogen) atoms. The smallest absolute Gasteiger partial charge is 0.407 e. The number of likely N-dealkylation sites (tertiary alicyclic amines) is 1. The highest BCUT2D eigenvalue weighted by atomic mass is 16.5. The van der Waals surface area contributed by atoms with Crippen LogP contribution in [0.15, 0.2) is 54.9 Å². The molecule has 0 unspecified atom stereocenters. The zero-order chi connectivity index (χ0) is 41.6. The maximum atomic E-state index is 13.7. The lowest BCUT2D eigenvalue weighted by atomic mass is 9.85. The van der Waals surface area contributed by atoms with Crippen molar-refractivity contribution in [2.24, 2.45) is 5.92 Å². The summed E-state index contributed by atoms with van der Waals surface area (Å²) in [7, 11) is 2.64. The largest absolute Gasteiger partial charge is 0.493 e. The molecule has 5 heterocycles. The minimum absolute atomic E-state index is 0.0376. The van der Waals surface area contributed by atoms with Crippen molar-refractivity contribution < 1.29 is 38.1 Å². The van der Waals surface area contributed by atoms with Gasteiger partial charge in [-0.25, -0.2) is 19.6 Å². The van der Waals surface area contributed by atoms with E-state index in [0.29, 0.717) is 38.5 Å². The fourth-order valence-corrected chi connectivity index (χ4v) is 9.02. The fourth-order valence-electron chi connectivity index (χ4n) is 9.02. The summed E-state index contributed by atoms with van der Waals surface area (Å²) in [6.45, 7) is 2.17. The highest BCUT2D eigenvalue weighted by Gasteiger charge is 2.38. The van der Waals surface area contributed by atoms with Crippen LogP contribution in [0.4, 0.5) is 9.59 Å². The van der Waals surface area contributed by atoms with Gasteiger partial charge >= 0.3 is 12.2 Å². The maximum absolute atomic E-state index is 13.7. The molecule has 4 aliphatic rings. The number of alkyl carbamates (subject to hydrolysis) is 2. The number of aromatic amines is 2. The third kappa shape index (κ3) is 8.98. The van der Waals surface area contributed by atoms with Crippen LogP contribution in [0.25, 0.3) is 33.6 Å². The number of imidazole rings is 2. The van der Waals surface area contributed by atoms with Gasteiger partial charge in [0.15, 0.2) is 0 Å². The molecule has 2 aromatic carbocycles. The molecule has 2 bridgehead atoms.